The summed E-state index contributed by atoms with van der Waals surface area (Å²) in [6.45, 7) is 1.97. The van der Waals surface area contributed by atoms with Gasteiger partial charge in [-0.2, -0.15) is 0 Å². The molecule has 1 heterocycles. The van der Waals surface area contributed by atoms with Crippen LogP contribution in [0.15, 0.2) is 30.3 Å². The Labute approximate surface area is 144 Å². The highest BCUT2D eigenvalue weighted by atomic mass is 35.5. The molecular weight excluding hydrogens is 312 g/mol. The van der Waals surface area contributed by atoms with E-state index in [1.54, 1.807) is 0 Å². The molecule has 3 unspecified atom stereocenters. The second-order valence-electron chi connectivity index (χ2n) is 6.52. The fourth-order valence-corrected chi connectivity index (χ4v) is 3.59. The number of rotatable bonds is 3. The lowest BCUT2D eigenvalue weighted by Crippen LogP contribution is -2.44. The molecular formula is C18H27ClN2O2. The van der Waals surface area contributed by atoms with Gasteiger partial charge in [0.15, 0.2) is 0 Å². The highest BCUT2D eigenvalue weighted by Gasteiger charge is 2.29. The van der Waals surface area contributed by atoms with Gasteiger partial charge in [-0.15, -0.1) is 12.4 Å². The molecule has 2 aliphatic rings. The van der Waals surface area contributed by atoms with Crippen molar-refractivity contribution < 1.29 is 9.53 Å². The molecule has 4 nitrogen and oxygen atoms in total. The van der Waals surface area contributed by atoms with E-state index in [0.717, 1.165) is 18.4 Å². The Balaban J connectivity index is 0.00000192. The number of benzene rings is 1. The molecule has 3 atom stereocenters. The lowest BCUT2D eigenvalue weighted by atomic mass is 9.82. The highest BCUT2D eigenvalue weighted by molar-refractivity contribution is 5.85. The van der Waals surface area contributed by atoms with Crippen molar-refractivity contribution in [1.29, 1.82) is 0 Å². The van der Waals surface area contributed by atoms with Crippen LogP contribution in [0.5, 0.6) is 0 Å². The van der Waals surface area contributed by atoms with Crippen molar-refractivity contribution in [2.24, 2.45) is 11.7 Å². The average molecular weight is 339 g/mol. The lowest BCUT2D eigenvalue weighted by Gasteiger charge is -2.35. The van der Waals surface area contributed by atoms with Crippen LogP contribution in [-0.4, -0.2) is 36.5 Å². The van der Waals surface area contributed by atoms with Crippen molar-refractivity contribution in [3.8, 4) is 0 Å². The predicted molar refractivity (Wildman–Crippen MR) is 93.5 cm³/mol. The average Bonchev–Trinajstić information content (AvgIpc) is 2.58. The Bertz CT molecular complexity index is 497. The molecule has 128 valence electrons. The summed E-state index contributed by atoms with van der Waals surface area (Å²) in [6, 6.07) is 10.4. The number of hydrogen-bond donors (Lipinski definition) is 1. The SMILES string of the molecule is Cl.NC1CCCCC1CC(=O)N1CCOC(c2ccccc2)C1. The zero-order chi connectivity index (χ0) is 15.4. The molecule has 1 saturated carbocycles. The predicted octanol–water partition coefficient (Wildman–Crippen LogP) is 2.92. The minimum Gasteiger partial charge on any atom is -0.370 e. The molecule has 1 aliphatic heterocycles. The first-order chi connectivity index (χ1) is 10.7. The molecule has 2 fully saturated rings. The van der Waals surface area contributed by atoms with Crippen LogP contribution >= 0.6 is 12.4 Å². The van der Waals surface area contributed by atoms with Crippen LogP contribution in [0.3, 0.4) is 0 Å². The van der Waals surface area contributed by atoms with Crippen molar-refractivity contribution >= 4 is 18.3 Å². The third-order valence-electron chi connectivity index (χ3n) is 5.00. The minimum atomic E-state index is -0.000991. The first-order valence-corrected chi connectivity index (χ1v) is 8.44. The molecule has 0 spiro atoms. The summed E-state index contributed by atoms with van der Waals surface area (Å²) in [4.78, 5) is 14.6. The van der Waals surface area contributed by atoms with Gasteiger partial charge in [0.2, 0.25) is 5.91 Å². The molecule has 2 N–H and O–H groups in total. The van der Waals surface area contributed by atoms with Crippen LogP contribution in [0.1, 0.15) is 43.8 Å². The van der Waals surface area contributed by atoms with Gasteiger partial charge < -0.3 is 15.4 Å². The Morgan fingerprint density at radius 1 is 1.22 bits per heavy atom. The van der Waals surface area contributed by atoms with Gasteiger partial charge in [0.1, 0.15) is 6.10 Å². The van der Waals surface area contributed by atoms with Crippen LogP contribution in [0.4, 0.5) is 0 Å². The van der Waals surface area contributed by atoms with Gasteiger partial charge in [-0.1, -0.05) is 43.2 Å². The summed E-state index contributed by atoms with van der Waals surface area (Å²) < 4.78 is 5.84. The van der Waals surface area contributed by atoms with Gasteiger partial charge in [-0.3, -0.25) is 4.79 Å². The summed E-state index contributed by atoms with van der Waals surface area (Å²) in [5.41, 5.74) is 7.33. The van der Waals surface area contributed by atoms with E-state index in [0.29, 0.717) is 32.0 Å². The Kier molecular flexibility index (Phi) is 6.88. The van der Waals surface area contributed by atoms with Crippen molar-refractivity contribution in [3.63, 3.8) is 0 Å². The van der Waals surface area contributed by atoms with Gasteiger partial charge in [-0.25, -0.2) is 0 Å². The number of nitrogens with zero attached hydrogens (tertiary/aromatic N) is 1. The second kappa shape index (κ2) is 8.67. The maximum Gasteiger partial charge on any atom is 0.223 e. The number of halogens is 1. The largest absolute Gasteiger partial charge is 0.370 e. The third kappa shape index (κ3) is 4.69. The van der Waals surface area contributed by atoms with Crippen LogP contribution in [-0.2, 0) is 9.53 Å². The maximum absolute atomic E-state index is 12.6. The summed E-state index contributed by atoms with van der Waals surface area (Å²) in [5, 5.41) is 0. The fraction of sp³-hybridized carbons (Fsp3) is 0.611. The summed E-state index contributed by atoms with van der Waals surface area (Å²) in [6.07, 6.45) is 5.18. The first-order valence-electron chi connectivity index (χ1n) is 8.44. The molecule has 5 heteroatoms. The Hall–Kier alpha value is -1.10. The lowest BCUT2D eigenvalue weighted by molar-refractivity contribution is -0.140. The molecule has 0 bridgehead atoms. The van der Waals surface area contributed by atoms with Crippen LogP contribution in [0, 0.1) is 5.92 Å². The topological polar surface area (TPSA) is 55.6 Å². The fourth-order valence-electron chi connectivity index (χ4n) is 3.59. The smallest absolute Gasteiger partial charge is 0.223 e. The van der Waals surface area contributed by atoms with E-state index in [1.807, 2.05) is 23.1 Å². The molecule has 3 rings (SSSR count). The molecule has 23 heavy (non-hydrogen) atoms. The van der Waals surface area contributed by atoms with Gasteiger partial charge in [0, 0.05) is 19.0 Å². The van der Waals surface area contributed by atoms with E-state index in [-0.39, 0.29) is 30.5 Å². The quantitative estimate of drug-likeness (QED) is 0.922. The molecule has 1 aliphatic carbocycles. The van der Waals surface area contributed by atoms with E-state index < -0.39 is 0 Å². The number of carbonyl (C=O) groups is 1. The Morgan fingerprint density at radius 3 is 2.70 bits per heavy atom. The van der Waals surface area contributed by atoms with Crippen LogP contribution in [0.2, 0.25) is 0 Å². The van der Waals surface area contributed by atoms with Gasteiger partial charge >= 0.3 is 0 Å². The van der Waals surface area contributed by atoms with Crippen LogP contribution < -0.4 is 5.73 Å². The number of morpholine rings is 1. The molecule has 0 aromatic heterocycles. The van der Waals surface area contributed by atoms with Gasteiger partial charge in [-0.05, 0) is 24.3 Å². The monoisotopic (exact) mass is 338 g/mol. The molecule has 1 amide bonds. The number of nitrogens with two attached hydrogens (primary N) is 1. The summed E-state index contributed by atoms with van der Waals surface area (Å²) >= 11 is 0. The van der Waals surface area contributed by atoms with Crippen LogP contribution in [0.25, 0.3) is 0 Å². The normalized spacial score (nSPS) is 28.0. The van der Waals surface area contributed by atoms with E-state index in [4.69, 9.17) is 10.5 Å². The van der Waals surface area contributed by atoms with E-state index in [1.165, 1.54) is 12.8 Å². The molecule has 0 radical (unpaired) electrons. The minimum absolute atomic E-state index is 0. The zero-order valence-corrected chi connectivity index (χ0v) is 14.3. The van der Waals surface area contributed by atoms with E-state index in [2.05, 4.69) is 12.1 Å². The van der Waals surface area contributed by atoms with Crippen molar-refractivity contribution in [3.05, 3.63) is 35.9 Å². The van der Waals surface area contributed by atoms with Crippen molar-refractivity contribution in [2.45, 2.75) is 44.2 Å². The van der Waals surface area contributed by atoms with Crippen molar-refractivity contribution in [1.82, 2.24) is 4.90 Å². The standard InChI is InChI=1S/C18H26N2O2.ClH/c19-16-9-5-4-8-15(16)12-18(21)20-10-11-22-17(13-20)14-6-2-1-3-7-14;/h1-3,6-7,15-17H,4-5,8-13,19H2;1H. The van der Waals surface area contributed by atoms with E-state index in [9.17, 15) is 4.79 Å². The number of amides is 1. The zero-order valence-electron chi connectivity index (χ0n) is 13.5. The maximum atomic E-state index is 12.6. The molecule has 1 saturated heterocycles. The molecule has 1 aromatic rings. The highest BCUT2D eigenvalue weighted by Crippen LogP contribution is 2.28. The Morgan fingerprint density at radius 2 is 1.96 bits per heavy atom. The number of carbonyl (C=O) groups excluding carboxylic acids is 1. The van der Waals surface area contributed by atoms with Gasteiger partial charge in [0.25, 0.3) is 0 Å². The molecule has 1 aromatic carbocycles. The number of hydrogen-bond acceptors (Lipinski definition) is 3. The first kappa shape index (κ1) is 18.2. The number of ether oxygens (including phenoxy) is 1. The van der Waals surface area contributed by atoms with Gasteiger partial charge in [0.05, 0.1) is 13.2 Å². The summed E-state index contributed by atoms with van der Waals surface area (Å²) in [5.74, 6) is 0.603. The third-order valence-corrected chi connectivity index (χ3v) is 5.00. The second-order valence-corrected chi connectivity index (χ2v) is 6.52. The van der Waals surface area contributed by atoms with Crippen molar-refractivity contribution in [2.75, 3.05) is 19.7 Å². The van der Waals surface area contributed by atoms with E-state index >= 15 is 0 Å². The summed E-state index contributed by atoms with van der Waals surface area (Å²) in [7, 11) is 0.